The van der Waals surface area contributed by atoms with E-state index in [1.807, 2.05) is 45.0 Å². The van der Waals surface area contributed by atoms with Gasteiger partial charge in [0.05, 0.1) is 12.5 Å². The van der Waals surface area contributed by atoms with E-state index in [9.17, 15) is 22.8 Å². The number of methoxy groups -OCH3 is 1. The Kier molecular flexibility index (Phi) is 9.29. The van der Waals surface area contributed by atoms with Crippen LogP contribution in [0.5, 0.6) is 0 Å². The summed E-state index contributed by atoms with van der Waals surface area (Å²) in [4.78, 5) is 34.8. The number of carbonyl (C=O) groups is 2. The van der Waals surface area contributed by atoms with Gasteiger partial charge in [-0.05, 0) is 87.6 Å². The Labute approximate surface area is 266 Å². The summed E-state index contributed by atoms with van der Waals surface area (Å²) < 4.78 is 52.3. The summed E-state index contributed by atoms with van der Waals surface area (Å²) in [6.45, 7) is 6.72. The molecule has 242 valence electrons. The molecule has 1 aliphatic carbocycles. The van der Waals surface area contributed by atoms with E-state index < -0.39 is 28.4 Å². The Morgan fingerprint density at radius 3 is 2.26 bits per heavy atom. The number of likely N-dealkylation sites (tertiary alicyclic amines) is 1. The molecule has 1 N–H and O–H groups in total. The van der Waals surface area contributed by atoms with Crippen molar-refractivity contribution in [3.63, 3.8) is 0 Å². The van der Waals surface area contributed by atoms with E-state index in [0.717, 1.165) is 31.0 Å². The SMILES string of the molecule is COC(=O)C1(c2ccccc2C#Cc2nc(Nc3ccc(C4CCN(C(=O)OC(C)(C)C)CC4)cc3)ncc2C(F)(F)F)CCC1. The number of esters is 1. The van der Waals surface area contributed by atoms with Gasteiger partial charge < -0.3 is 19.7 Å². The highest BCUT2D eigenvalue weighted by atomic mass is 19.4. The van der Waals surface area contributed by atoms with Gasteiger partial charge >= 0.3 is 18.2 Å². The van der Waals surface area contributed by atoms with Crippen molar-refractivity contribution in [2.45, 2.75) is 76.0 Å². The second kappa shape index (κ2) is 13.0. The first-order chi connectivity index (χ1) is 21.8. The predicted octanol–water partition coefficient (Wildman–Crippen LogP) is 7.35. The second-order valence-corrected chi connectivity index (χ2v) is 12.7. The Morgan fingerprint density at radius 1 is 1.00 bits per heavy atom. The number of hydrogen-bond donors (Lipinski definition) is 1. The Hall–Kier alpha value is -4.59. The number of nitrogens with zero attached hydrogens (tertiary/aromatic N) is 3. The van der Waals surface area contributed by atoms with Gasteiger partial charge in [-0.15, -0.1) is 0 Å². The molecule has 0 unspecified atom stereocenters. The molecule has 46 heavy (non-hydrogen) atoms. The first-order valence-corrected chi connectivity index (χ1v) is 15.3. The molecular formula is C35H37F3N4O4. The number of anilines is 2. The highest BCUT2D eigenvalue weighted by Crippen LogP contribution is 2.46. The molecule has 2 aliphatic rings. The first kappa shape index (κ1) is 32.8. The molecule has 0 radical (unpaired) electrons. The van der Waals surface area contributed by atoms with Crippen LogP contribution in [0.1, 0.15) is 86.7 Å². The topological polar surface area (TPSA) is 93.7 Å². The molecule has 0 atom stereocenters. The molecule has 5 rings (SSSR count). The van der Waals surface area contributed by atoms with Crippen LogP contribution in [-0.4, -0.2) is 52.7 Å². The Morgan fingerprint density at radius 2 is 1.67 bits per heavy atom. The molecular weight excluding hydrogens is 597 g/mol. The van der Waals surface area contributed by atoms with Gasteiger partial charge in [-0.25, -0.2) is 14.8 Å². The van der Waals surface area contributed by atoms with Crippen LogP contribution in [0.25, 0.3) is 0 Å². The lowest BCUT2D eigenvalue weighted by atomic mass is 9.63. The van der Waals surface area contributed by atoms with Gasteiger partial charge in [0.1, 0.15) is 16.9 Å². The molecule has 1 saturated heterocycles. The number of carbonyl (C=O) groups excluding carboxylic acids is 2. The average molecular weight is 635 g/mol. The number of aromatic nitrogens is 2. The zero-order chi connectivity index (χ0) is 33.1. The normalized spacial score (nSPS) is 16.5. The molecule has 8 nitrogen and oxygen atoms in total. The van der Waals surface area contributed by atoms with E-state index in [4.69, 9.17) is 9.47 Å². The fourth-order valence-corrected chi connectivity index (χ4v) is 5.88. The largest absolute Gasteiger partial charge is 0.468 e. The second-order valence-electron chi connectivity index (χ2n) is 12.7. The van der Waals surface area contributed by atoms with Crippen molar-refractivity contribution >= 4 is 23.7 Å². The molecule has 11 heteroatoms. The monoisotopic (exact) mass is 634 g/mol. The van der Waals surface area contributed by atoms with E-state index in [-0.39, 0.29) is 23.9 Å². The lowest BCUT2D eigenvalue weighted by molar-refractivity contribution is -0.151. The zero-order valence-corrected chi connectivity index (χ0v) is 26.3. The van der Waals surface area contributed by atoms with Crippen molar-refractivity contribution in [1.82, 2.24) is 14.9 Å². The van der Waals surface area contributed by atoms with E-state index >= 15 is 0 Å². The number of nitrogens with one attached hydrogen (secondary N) is 1. The smallest absolute Gasteiger partial charge is 0.420 e. The third-order valence-corrected chi connectivity index (χ3v) is 8.42. The molecule has 1 amide bonds. The van der Waals surface area contributed by atoms with Crippen molar-refractivity contribution in [3.8, 4) is 11.8 Å². The maximum atomic E-state index is 13.9. The number of piperidine rings is 1. The van der Waals surface area contributed by atoms with Crippen molar-refractivity contribution in [2.75, 3.05) is 25.5 Å². The van der Waals surface area contributed by atoms with Crippen molar-refractivity contribution in [3.05, 3.63) is 82.7 Å². The number of benzene rings is 2. The average Bonchev–Trinajstić information content (AvgIpc) is 2.99. The minimum absolute atomic E-state index is 0.0333. The van der Waals surface area contributed by atoms with Gasteiger partial charge in [0.2, 0.25) is 5.95 Å². The fraction of sp³-hybridized carbons (Fsp3) is 0.429. The summed E-state index contributed by atoms with van der Waals surface area (Å²) in [6, 6.07) is 14.5. The summed E-state index contributed by atoms with van der Waals surface area (Å²) in [5.74, 6) is 5.30. The summed E-state index contributed by atoms with van der Waals surface area (Å²) >= 11 is 0. The van der Waals surface area contributed by atoms with Gasteiger partial charge in [0.25, 0.3) is 0 Å². The minimum atomic E-state index is -4.72. The van der Waals surface area contributed by atoms with Crippen molar-refractivity contribution in [1.29, 1.82) is 0 Å². The van der Waals surface area contributed by atoms with Gasteiger partial charge in [-0.3, -0.25) is 4.79 Å². The quantitative estimate of drug-likeness (QED) is 0.232. The van der Waals surface area contributed by atoms with Gasteiger partial charge in [0.15, 0.2) is 0 Å². The fourth-order valence-electron chi connectivity index (χ4n) is 5.88. The van der Waals surface area contributed by atoms with E-state index in [0.29, 0.717) is 42.7 Å². The summed E-state index contributed by atoms with van der Waals surface area (Å²) in [7, 11) is 1.33. The Bertz CT molecular complexity index is 1640. The van der Waals surface area contributed by atoms with Gasteiger partial charge in [-0.1, -0.05) is 42.7 Å². The van der Waals surface area contributed by atoms with Crippen LogP contribution in [0.2, 0.25) is 0 Å². The number of alkyl halides is 3. The van der Waals surface area contributed by atoms with E-state index in [1.165, 1.54) is 7.11 Å². The maximum Gasteiger partial charge on any atom is 0.420 e. The number of rotatable bonds is 5. The highest BCUT2D eigenvalue weighted by Gasteiger charge is 2.47. The predicted molar refractivity (Wildman–Crippen MR) is 167 cm³/mol. The first-order valence-electron chi connectivity index (χ1n) is 15.3. The molecule has 2 aromatic carbocycles. The van der Waals surface area contributed by atoms with Gasteiger partial charge in [-0.2, -0.15) is 13.2 Å². The number of ether oxygens (including phenoxy) is 2. The molecule has 1 saturated carbocycles. The molecule has 2 fully saturated rings. The van der Waals surface area contributed by atoms with E-state index in [2.05, 4.69) is 27.1 Å². The minimum Gasteiger partial charge on any atom is -0.468 e. The van der Waals surface area contributed by atoms with Crippen LogP contribution < -0.4 is 5.32 Å². The molecule has 1 aromatic heterocycles. The van der Waals surface area contributed by atoms with Crippen LogP contribution >= 0.6 is 0 Å². The number of halogens is 3. The van der Waals surface area contributed by atoms with E-state index in [1.54, 1.807) is 29.2 Å². The molecule has 1 aliphatic heterocycles. The summed E-state index contributed by atoms with van der Waals surface area (Å²) in [5.41, 5.74) is -0.147. The zero-order valence-electron chi connectivity index (χ0n) is 26.3. The molecule has 0 bridgehead atoms. The van der Waals surface area contributed by atoms with Crippen LogP contribution in [0, 0.1) is 11.8 Å². The van der Waals surface area contributed by atoms with Crippen LogP contribution in [-0.2, 0) is 25.9 Å². The standard InChI is InChI=1S/C35H37F3N4O4/c1-33(2,3)46-32(44)42-20-16-24(17-21-42)23-10-13-26(14-11-23)40-31-39-22-28(35(36,37)38)29(41-31)15-12-25-8-5-6-9-27(25)34(18-7-19-34)30(43)45-4/h5-6,8-11,13-14,22,24H,7,16-21H2,1-4H3,(H,39,40,41). The van der Waals surface area contributed by atoms with Crippen molar-refractivity contribution < 1.29 is 32.2 Å². The van der Waals surface area contributed by atoms with Crippen molar-refractivity contribution in [2.24, 2.45) is 0 Å². The maximum absolute atomic E-state index is 13.9. The van der Waals surface area contributed by atoms with Crippen LogP contribution in [0.3, 0.4) is 0 Å². The Balaban J connectivity index is 1.32. The number of hydrogen-bond acceptors (Lipinski definition) is 7. The molecule has 0 spiro atoms. The number of amides is 1. The third-order valence-electron chi connectivity index (χ3n) is 8.42. The molecule has 3 aromatic rings. The highest BCUT2D eigenvalue weighted by molar-refractivity contribution is 5.85. The lowest BCUT2D eigenvalue weighted by Crippen LogP contribution is -2.43. The summed E-state index contributed by atoms with van der Waals surface area (Å²) in [5, 5.41) is 2.98. The van der Waals surface area contributed by atoms with Crippen LogP contribution in [0.4, 0.5) is 29.6 Å². The lowest BCUT2D eigenvalue weighted by Gasteiger charge is -2.39. The van der Waals surface area contributed by atoms with Crippen LogP contribution in [0.15, 0.2) is 54.7 Å². The van der Waals surface area contributed by atoms with Gasteiger partial charge in [0, 0.05) is 30.5 Å². The summed E-state index contributed by atoms with van der Waals surface area (Å²) in [6.07, 6.45) is -0.720. The molecule has 2 heterocycles. The third kappa shape index (κ3) is 7.27.